The summed E-state index contributed by atoms with van der Waals surface area (Å²) in [4.78, 5) is 11.6. The summed E-state index contributed by atoms with van der Waals surface area (Å²) in [5, 5.41) is 8.32. The Morgan fingerprint density at radius 3 is 2.81 bits per heavy atom. The molecule has 0 aliphatic heterocycles. The number of nitriles is 1. The van der Waals surface area contributed by atoms with Gasteiger partial charge >= 0.3 is 0 Å². The van der Waals surface area contributed by atoms with Crippen molar-refractivity contribution in [3.63, 3.8) is 0 Å². The van der Waals surface area contributed by atoms with Crippen LogP contribution in [0.5, 0.6) is 0 Å². The zero-order valence-electron chi connectivity index (χ0n) is 9.08. The van der Waals surface area contributed by atoms with Crippen molar-refractivity contribution in [1.29, 1.82) is 5.26 Å². The van der Waals surface area contributed by atoms with Crippen molar-refractivity contribution in [2.75, 3.05) is 0 Å². The maximum atomic E-state index is 12.8. The van der Waals surface area contributed by atoms with Crippen LogP contribution in [-0.2, 0) is 0 Å². The van der Waals surface area contributed by atoms with Crippen LogP contribution in [0.4, 0.5) is 4.39 Å². The van der Waals surface area contributed by atoms with Crippen LogP contribution < -0.4 is 0 Å². The highest BCUT2D eigenvalue weighted by Crippen LogP contribution is 2.10. The maximum absolute atomic E-state index is 12.8. The summed E-state index contributed by atoms with van der Waals surface area (Å²) in [5.74, 6) is -0.410. The summed E-state index contributed by atoms with van der Waals surface area (Å²) in [6.45, 7) is 0. The summed E-state index contributed by atoms with van der Waals surface area (Å²) in [7, 11) is 0. The minimum absolute atomic E-state index is 0.0311. The van der Waals surface area contributed by atoms with E-state index in [2.05, 4.69) is 6.07 Å². The van der Waals surface area contributed by atoms with E-state index in [4.69, 9.17) is 5.26 Å². The average Bonchev–Trinajstić information content (AvgIpc) is 2.28. The van der Waals surface area contributed by atoms with E-state index in [1.54, 1.807) is 6.07 Å². The molecule has 0 saturated heterocycles. The molecule has 16 heavy (non-hydrogen) atoms. The number of nitrogens with zero attached hydrogens (tertiary/aromatic N) is 1. The second-order valence-corrected chi connectivity index (χ2v) is 3.65. The van der Waals surface area contributed by atoms with Gasteiger partial charge in [-0.15, -0.1) is 0 Å². The molecular weight excluding hydrogens is 205 g/mol. The number of unbranched alkanes of at least 4 members (excludes halogenated alkanes) is 3. The Balaban J connectivity index is 2.33. The Bertz CT molecular complexity index is 395. The van der Waals surface area contributed by atoms with Crippen LogP contribution >= 0.6 is 0 Å². The van der Waals surface area contributed by atoms with Gasteiger partial charge in [-0.1, -0.05) is 18.6 Å². The Morgan fingerprint density at radius 2 is 2.12 bits per heavy atom. The van der Waals surface area contributed by atoms with Gasteiger partial charge in [-0.3, -0.25) is 4.79 Å². The van der Waals surface area contributed by atoms with E-state index in [-0.39, 0.29) is 11.6 Å². The van der Waals surface area contributed by atoms with Crippen molar-refractivity contribution in [3.05, 3.63) is 35.6 Å². The summed E-state index contributed by atoms with van der Waals surface area (Å²) < 4.78 is 12.8. The second-order valence-electron chi connectivity index (χ2n) is 3.65. The standard InChI is InChI=1S/C13H14FNO/c14-12-7-5-6-11(10-12)13(16)8-3-1-2-4-9-15/h5-7,10H,1-4,8H2. The molecule has 1 aromatic carbocycles. The zero-order chi connectivity index (χ0) is 11.8. The lowest BCUT2D eigenvalue weighted by atomic mass is 10.0. The highest BCUT2D eigenvalue weighted by atomic mass is 19.1. The molecular formula is C13H14FNO. The van der Waals surface area contributed by atoms with E-state index in [1.807, 2.05) is 0 Å². The molecule has 0 N–H and O–H groups in total. The first kappa shape index (κ1) is 12.4. The lowest BCUT2D eigenvalue weighted by Gasteiger charge is -2.00. The van der Waals surface area contributed by atoms with E-state index >= 15 is 0 Å². The predicted molar refractivity (Wildman–Crippen MR) is 59.4 cm³/mol. The summed E-state index contributed by atoms with van der Waals surface area (Å²) in [6, 6.07) is 7.81. The van der Waals surface area contributed by atoms with Gasteiger partial charge in [0.05, 0.1) is 6.07 Å². The van der Waals surface area contributed by atoms with Crippen molar-refractivity contribution in [1.82, 2.24) is 0 Å². The second kappa shape index (κ2) is 6.73. The van der Waals surface area contributed by atoms with Gasteiger partial charge in [-0.05, 0) is 25.0 Å². The molecule has 1 rings (SSSR count). The molecule has 1 aromatic rings. The molecule has 84 valence electrons. The molecule has 0 amide bonds. The largest absolute Gasteiger partial charge is 0.294 e. The van der Waals surface area contributed by atoms with Crippen molar-refractivity contribution in [2.24, 2.45) is 0 Å². The first-order valence-corrected chi connectivity index (χ1v) is 5.40. The number of rotatable bonds is 6. The van der Waals surface area contributed by atoms with Crippen LogP contribution in [-0.4, -0.2) is 5.78 Å². The molecule has 0 bridgehead atoms. The van der Waals surface area contributed by atoms with Crippen LogP contribution in [0.3, 0.4) is 0 Å². The fourth-order valence-corrected chi connectivity index (χ4v) is 1.47. The number of hydrogen-bond donors (Lipinski definition) is 0. The van der Waals surface area contributed by atoms with Gasteiger partial charge in [0.15, 0.2) is 5.78 Å². The van der Waals surface area contributed by atoms with E-state index in [1.165, 1.54) is 18.2 Å². The molecule has 0 radical (unpaired) electrons. The van der Waals surface area contributed by atoms with E-state index in [0.29, 0.717) is 18.4 Å². The van der Waals surface area contributed by atoms with Crippen molar-refractivity contribution < 1.29 is 9.18 Å². The lowest BCUT2D eigenvalue weighted by molar-refractivity contribution is 0.0979. The van der Waals surface area contributed by atoms with Crippen molar-refractivity contribution >= 4 is 5.78 Å². The number of carbonyl (C=O) groups excluding carboxylic acids is 1. The Kier molecular flexibility index (Phi) is 5.21. The number of hydrogen-bond acceptors (Lipinski definition) is 2. The average molecular weight is 219 g/mol. The summed E-state index contributed by atoms with van der Waals surface area (Å²) in [5.41, 5.74) is 0.431. The number of benzene rings is 1. The van der Waals surface area contributed by atoms with Gasteiger partial charge in [0.2, 0.25) is 0 Å². The molecule has 0 saturated carbocycles. The van der Waals surface area contributed by atoms with E-state index < -0.39 is 0 Å². The highest BCUT2D eigenvalue weighted by Gasteiger charge is 2.05. The smallest absolute Gasteiger partial charge is 0.162 e. The summed E-state index contributed by atoms with van der Waals surface area (Å²) in [6.07, 6.45) is 3.42. The third kappa shape index (κ3) is 4.22. The van der Waals surface area contributed by atoms with Gasteiger partial charge in [-0.25, -0.2) is 4.39 Å². The molecule has 3 heteroatoms. The van der Waals surface area contributed by atoms with Gasteiger partial charge in [0.25, 0.3) is 0 Å². The van der Waals surface area contributed by atoms with Crippen LogP contribution in [0, 0.1) is 17.1 Å². The predicted octanol–water partition coefficient (Wildman–Crippen LogP) is 3.48. The fraction of sp³-hybridized carbons (Fsp3) is 0.385. The molecule has 0 aromatic heterocycles. The molecule has 0 aliphatic rings. The molecule has 0 aliphatic carbocycles. The third-order valence-corrected chi connectivity index (χ3v) is 2.34. The third-order valence-electron chi connectivity index (χ3n) is 2.34. The quantitative estimate of drug-likeness (QED) is 0.543. The maximum Gasteiger partial charge on any atom is 0.162 e. The number of halogens is 1. The van der Waals surface area contributed by atoms with Crippen LogP contribution in [0.25, 0.3) is 0 Å². The zero-order valence-corrected chi connectivity index (χ0v) is 9.08. The Hall–Kier alpha value is -1.69. The first-order valence-electron chi connectivity index (χ1n) is 5.40. The monoisotopic (exact) mass is 219 g/mol. The Labute approximate surface area is 94.7 Å². The molecule has 0 heterocycles. The van der Waals surface area contributed by atoms with Gasteiger partial charge in [-0.2, -0.15) is 5.26 Å². The molecule has 2 nitrogen and oxygen atoms in total. The van der Waals surface area contributed by atoms with Crippen molar-refractivity contribution in [2.45, 2.75) is 32.1 Å². The van der Waals surface area contributed by atoms with Gasteiger partial charge in [0, 0.05) is 18.4 Å². The van der Waals surface area contributed by atoms with Crippen LogP contribution in [0.2, 0.25) is 0 Å². The number of ketones is 1. The number of carbonyl (C=O) groups is 1. The molecule has 0 unspecified atom stereocenters. The molecule has 0 fully saturated rings. The first-order chi connectivity index (χ1) is 7.74. The Morgan fingerprint density at radius 1 is 1.31 bits per heavy atom. The van der Waals surface area contributed by atoms with Crippen LogP contribution in [0.15, 0.2) is 24.3 Å². The van der Waals surface area contributed by atoms with Gasteiger partial charge in [0.1, 0.15) is 5.82 Å². The minimum Gasteiger partial charge on any atom is -0.294 e. The number of Topliss-reactive ketones (excluding diaryl/α,β-unsaturated/α-hetero) is 1. The van der Waals surface area contributed by atoms with E-state index in [0.717, 1.165) is 19.3 Å². The van der Waals surface area contributed by atoms with Crippen LogP contribution in [0.1, 0.15) is 42.5 Å². The lowest BCUT2D eigenvalue weighted by Crippen LogP contribution is -1.99. The van der Waals surface area contributed by atoms with Crippen molar-refractivity contribution in [3.8, 4) is 6.07 Å². The topological polar surface area (TPSA) is 40.9 Å². The summed E-state index contributed by atoms with van der Waals surface area (Å²) >= 11 is 0. The van der Waals surface area contributed by atoms with Gasteiger partial charge < -0.3 is 0 Å². The minimum atomic E-state index is -0.379. The van der Waals surface area contributed by atoms with E-state index in [9.17, 15) is 9.18 Å². The highest BCUT2D eigenvalue weighted by molar-refractivity contribution is 5.95. The SMILES string of the molecule is N#CCCCCCC(=O)c1cccc(F)c1. The fourth-order valence-electron chi connectivity index (χ4n) is 1.47. The molecule has 0 atom stereocenters. The normalized spacial score (nSPS) is 9.75. The molecule has 0 spiro atoms.